The third-order valence-corrected chi connectivity index (χ3v) is 3.15. The third-order valence-electron chi connectivity index (χ3n) is 2.82. The van der Waals surface area contributed by atoms with Crippen molar-refractivity contribution in [2.45, 2.75) is 13.0 Å². The van der Waals surface area contributed by atoms with Gasteiger partial charge < -0.3 is 10.3 Å². The minimum absolute atomic E-state index is 0.175. The van der Waals surface area contributed by atoms with Crippen molar-refractivity contribution in [2.24, 2.45) is 0 Å². The van der Waals surface area contributed by atoms with Crippen molar-refractivity contribution in [2.75, 3.05) is 13.2 Å². The summed E-state index contributed by atoms with van der Waals surface area (Å²) in [5.74, 6) is -0.365. The van der Waals surface area contributed by atoms with E-state index in [1.54, 1.807) is 24.3 Å². The summed E-state index contributed by atoms with van der Waals surface area (Å²) in [6.45, 7) is -0.421. The van der Waals surface area contributed by atoms with Gasteiger partial charge in [0.25, 0.3) is 5.56 Å². The number of H-pyrrole nitrogens is 1. The molecule has 1 amide bonds. The zero-order valence-electron chi connectivity index (χ0n) is 10.7. The van der Waals surface area contributed by atoms with Crippen molar-refractivity contribution >= 4 is 29.0 Å². The van der Waals surface area contributed by atoms with Gasteiger partial charge in [0.2, 0.25) is 5.91 Å². The molecule has 0 saturated carbocycles. The Morgan fingerprint density at radius 2 is 2.15 bits per heavy atom. The van der Waals surface area contributed by atoms with Crippen LogP contribution >= 0.6 is 12.2 Å². The van der Waals surface area contributed by atoms with E-state index in [4.69, 9.17) is 12.2 Å². The average molecular weight is 295 g/mol. The van der Waals surface area contributed by atoms with Crippen LogP contribution < -0.4 is 10.9 Å². The van der Waals surface area contributed by atoms with Gasteiger partial charge in [-0.3, -0.25) is 18.5 Å². The van der Waals surface area contributed by atoms with Gasteiger partial charge in [-0.1, -0.05) is 12.1 Å². The van der Waals surface area contributed by atoms with E-state index >= 15 is 0 Å². The Morgan fingerprint density at radius 1 is 1.40 bits per heavy atom. The number of amides is 1. The van der Waals surface area contributed by atoms with Gasteiger partial charge in [0.05, 0.1) is 17.6 Å². The van der Waals surface area contributed by atoms with Crippen LogP contribution in [-0.4, -0.2) is 28.7 Å². The summed E-state index contributed by atoms with van der Waals surface area (Å²) < 4.78 is 13.3. The number of aromatic nitrogens is 2. The van der Waals surface area contributed by atoms with Crippen LogP contribution in [-0.2, 0) is 11.3 Å². The summed E-state index contributed by atoms with van der Waals surface area (Å²) in [6, 6.07) is 6.95. The molecule has 1 aromatic heterocycles. The van der Waals surface area contributed by atoms with Gasteiger partial charge in [-0.25, -0.2) is 0 Å². The Kier molecular flexibility index (Phi) is 4.62. The number of aromatic amines is 1. The second-order valence-corrected chi connectivity index (χ2v) is 4.65. The van der Waals surface area contributed by atoms with E-state index in [9.17, 15) is 14.0 Å². The highest BCUT2D eigenvalue weighted by atomic mass is 32.1. The monoisotopic (exact) mass is 295 g/mol. The summed E-state index contributed by atoms with van der Waals surface area (Å²) in [6.07, 6.45) is 0.255. The average Bonchev–Trinajstić information content (AvgIpc) is 2.44. The zero-order valence-corrected chi connectivity index (χ0v) is 11.5. The topological polar surface area (TPSA) is 66.9 Å². The molecule has 2 rings (SSSR count). The molecule has 2 aromatic rings. The lowest BCUT2D eigenvalue weighted by atomic mass is 10.2. The number of alkyl halides is 1. The van der Waals surface area contributed by atoms with Crippen LogP contribution in [0.2, 0.25) is 0 Å². The molecule has 0 spiro atoms. The minimum Gasteiger partial charge on any atom is -0.354 e. The fourth-order valence-corrected chi connectivity index (χ4v) is 2.09. The van der Waals surface area contributed by atoms with Crippen molar-refractivity contribution in [1.82, 2.24) is 14.9 Å². The molecular weight excluding hydrogens is 281 g/mol. The molecule has 0 unspecified atom stereocenters. The molecule has 20 heavy (non-hydrogen) atoms. The van der Waals surface area contributed by atoms with E-state index in [1.807, 2.05) is 0 Å². The molecule has 0 fully saturated rings. The summed E-state index contributed by atoms with van der Waals surface area (Å²) in [4.78, 5) is 26.8. The van der Waals surface area contributed by atoms with E-state index in [0.717, 1.165) is 0 Å². The van der Waals surface area contributed by atoms with Crippen LogP contribution in [0.3, 0.4) is 0 Å². The number of halogens is 1. The van der Waals surface area contributed by atoms with Crippen LogP contribution in [0.4, 0.5) is 4.39 Å². The molecule has 0 aliphatic carbocycles. The minimum atomic E-state index is -0.490. The van der Waals surface area contributed by atoms with Gasteiger partial charge in [-0.2, -0.15) is 0 Å². The number of hydrogen-bond acceptors (Lipinski definition) is 3. The highest BCUT2D eigenvalue weighted by Gasteiger charge is 2.08. The maximum atomic E-state index is 12.3. The van der Waals surface area contributed by atoms with Gasteiger partial charge in [-0.05, 0) is 30.8 Å². The molecule has 0 saturated heterocycles. The molecule has 1 heterocycles. The first-order valence-electron chi connectivity index (χ1n) is 6.18. The SMILES string of the molecule is O=C(Cn1c(=S)[nH]c2ccccc2c1=O)NCCCF. The number of hydrogen-bond donors (Lipinski definition) is 2. The van der Waals surface area contributed by atoms with Gasteiger partial charge in [0.15, 0.2) is 4.77 Å². The first-order valence-corrected chi connectivity index (χ1v) is 6.59. The van der Waals surface area contributed by atoms with Crippen molar-refractivity contribution in [1.29, 1.82) is 0 Å². The molecule has 5 nitrogen and oxygen atoms in total. The van der Waals surface area contributed by atoms with E-state index in [2.05, 4.69) is 10.3 Å². The Balaban J connectivity index is 2.28. The number of carbonyl (C=O) groups excluding carboxylic acids is 1. The van der Waals surface area contributed by atoms with E-state index in [0.29, 0.717) is 10.9 Å². The van der Waals surface area contributed by atoms with Crippen molar-refractivity contribution in [3.63, 3.8) is 0 Å². The number of fused-ring (bicyclic) bond motifs is 1. The van der Waals surface area contributed by atoms with Crippen LogP contribution in [0.5, 0.6) is 0 Å². The van der Waals surface area contributed by atoms with Crippen molar-refractivity contribution in [3.05, 3.63) is 39.4 Å². The predicted octanol–water partition coefficient (Wildman–Crippen LogP) is 1.53. The number of nitrogens with zero attached hydrogens (tertiary/aromatic N) is 1. The van der Waals surface area contributed by atoms with Gasteiger partial charge in [-0.15, -0.1) is 0 Å². The number of para-hydroxylation sites is 1. The standard InChI is InChI=1S/C13H14FN3O2S/c14-6-3-7-15-11(18)8-17-12(19)9-4-1-2-5-10(9)16-13(17)20/h1-2,4-5H,3,6-8H2,(H,15,18)(H,16,20). The lowest BCUT2D eigenvalue weighted by Crippen LogP contribution is -2.33. The highest BCUT2D eigenvalue weighted by molar-refractivity contribution is 7.71. The molecule has 0 aliphatic heterocycles. The van der Waals surface area contributed by atoms with E-state index in [-0.39, 0.29) is 35.7 Å². The van der Waals surface area contributed by atoms with Crippen molar-refractivity contribution in [3.8, 4) is 0 Å². The second-order valence-electron chi connectivity index (χ2n) is 4.26. The molecule has 1 aromatic carbocycles. The predicted molar refractivity (Wildman–Crippen MR) is 77.0 cm³/mol. The Morgan fingerprint density at radius 3 is 2.90 bits per heavy atom. The maximum absolute atomic E-state index is 12.3. The van der Waals surface area contributed by atoms with E-state index < -0.39 is 6.67 Å². The molecule has 2 N–H and O–H groups in total. The Bertz CT molecular complexity index is 738. The highest BCUT2D eigenvalue weighted by Crippen LogP contribution is 2.05. The van der Waals surface area contributed by atoms with Gasteiger partial charge in [0, 0.05) is 6.54 Å². The molecule has 0 atom stereocenters. The lowest BCUT2D eigenvalue weighted by Gasteiger charge is -2.08. The fourth-order valence-electron chi connectivity index (χ4n) is 1.84. The molecule has 0 aliphatic rings. The summed E-state index contributed by atoms with van der Waals surface area (Å²) >= 11 is 5.09. The first kappa shape index (κ1) is 14.4. The molecule has 0 bridgehead atoms. The number of benzene rings is 1. The largest absolute Gasteiger partial charge is 0.354 e. The Hall–Kier alpha value is -2.02. The van der Waals surface area contributed by atoms with Gasteiger partial charge in [0.1, 0.15) is 6.54 Å². The van der Waals surface area contributed by atoms with Crippen LogP contribution in [0.15, 0.2) is 29.1 Å². The summed E-state index contributed by atoms with van der Waals surface area (Å²) in [5.41, 5.74) is 0.321. The number of carbonyl (C=O) groups is 1. The third kappa shape index (κ3) is 3.11. The fraction of sp³-hybridized carbons (Fsp3) is 0.308. The molecule has 106 valence electrons. The van der Waals surface area contributed by atoms with Crippen LogP contribution in [0, 0.1) is 4.77 Å². The lowest BCUT2D eigenvalue weighted by molar-refractivity contribution is -0.121. The zero-order chi connectivity index (χ0) is 14.5. The molecule has 0 radical (unpaired) electrons. The molecular formula is C13H14FN3O2S. The maximum Gasteiger partial charge on any atom is 0.262 e. The molecule has 7 heteroatoms. The normalized spacial score (nSPS) is 10.7. The van der Waals surface area contributed by atoms with Crippen LogP contribution in [0.1, 0.15) is 6.42 Å². The van der Waals surface area contributed by atoms with Crippen LogP contribution in [0.25, 0.3) is 10.9 Å². The number of nitrogens with one attached hydrogen (secondary N) is 2. The second kappa shape index (κ2) is 6.42. The van der Waals surface area contributed by atoms with Gasteiger partial charge >= 0.3 is 0 Å². The van der Waals surface area contributed by atoms with E-state index in [1.165, 1.54) is 4.57 Å². The quantitative estimate of drug-likeness (QED) is 0.649. The number of rotatable bonds is 5. The summed E-state index contributed by atoms with van der Waals surface area (Å²) in [5, 5.41) is 3.01. The summed E-state index contributed by atoms with van der Waals surface area (Å²) in [7, 11) is 0. The Labute approximate surface area is 119 Å². The smallest absolute Gasteiger partial charge is 0.262 e. The van der Waals surface area contributed by atoms with Crippen molar-refractivity contribution < 1.29 is 9.18 Å². The first-order chi connectivity index (χ1) is 9.63.